The van der Waals surface area contributed by atoms with Crippen molar-refractivity contribution in [3.05, 3.63) is 73.1 Å². The average molecular weight is 775 g/mol. The zero-order valence-corrected chi connectivity index (χ0v) is 31.1. The molecule has 57 heavy (non-hydrogen) atoms. The predicted molar refractivity (Wildman–Crippen MR) is 205 cm³/mol. The number of H-pyrrole nitrogens is 1. The van der Waals surface area contributed by atoms with Gasteiger partial charge in [-0.15, -0.1) is 25.5 Å². The average Bonchev–Trinajstić information content (AvgIpc) is 3.95. The van der Waals surface area contributed by atoms with Crippen LogP contribution in [-0.2, 0) is 0 Å². The van der Waals surface area contributed by atoms with Gasteiger partial charge in [0.1, 0.15) is 29.1 Å². The van der Waals surface area contributed by atoms with E-state index in [0.717, 1.165) is 32.6 Å². The van der Waals surface area contributed by atoms with Gasteiger partial charge in [0, 0.05) is 55.0 Å². The molecule has 0 bridgehead atoms. The predicted octanol–water partition coefficient (Wildman–Crippen LogP) is 4.25. The molecule has 4 fully saturated rings. The summed E-state index contributed by atoms with van der Waals surface area (Å²) in [4.78, 5) is 15.7. The molecule has 4 saturated heterocycles. The summed E-state index contributed by atoms with van der Waals surface area (Å²) in [6.45, 7) is 5.47. The molecule has 6 aromatic rings. The molecular formula is C39H40F2N14O2. The fraction of sp³-hybridized carbons (Fsp3) is 0.385. The van der Waals surface area contributed by atoms with E-state index in [1.54, 1.807) is 47.5 Å². The molecule has 4 aliphatic rings. The first-order valence-electron chi connectivity index (χ1n) is 19.1. The standard InChI is InChI=1S/C39H40F2N14O2/c1-52-10-7-39(8-11-52)20-54(21-39)38-43-17-31(47-50-38)26-5-3-23(13-33(26)57)28-19-55(51-36(28)41)34-14-24-18-53(9-6-29(24)45-34)37-42-16-30(46-49-37)25-4-2-22(12-32(25)56)27-15-44-48-35(27)40/h2-5,12-13,15-17,19,24,29,34,45,56-57H,6-11,14,18,20-21H2,1H3,(H,44,48). The molecule has 292 valence electrons. The van der Waals surface area contributed by atoms with Gasteiger partial charge in [0.2, 0.25) is 23.8 Å². The highest BCUT2D eigenvalue weighted by Crippen LogP contribution is 2.42. The molecule has 4 aliphatic heterocycles. The van der Waals surface area contributed by atoms with E-state index in [1.807, 2.05) is 0 Å². The lowest BCUT2D eigenvalue weighted by Crippen LogP contribution is -2.60. The van der Waals surface area contributed by atoms with Crippen LogP contribution in [-0.4, -0.2) is 118 Å². The second-order valence-electron chi connectivity index (χ2n) is 15.8. The number of aromatic hydroxyl groups is 2. The van der Waals surface area contributed by atoms with Crippen LogP contribution < -0.4 is 15.1 Å². The largest absolute Gasteiger partial charge is 0.507 e. The molecule has 1 spiro atoms. The maximum absolute atomic E-state index is 15.4. The van der Waals surface area contributed by atoms with Gasteiger partial charge in [-0.3, -0.25) is 15.1 Å². The number of aromatic nitrogens is 10. The number of piperidine rings is 2. The summed E-state index contributed by atoms with van der Waals surface area (Å²) in [7, 11) is 2.17. The zero-order chi connectivity index (χ0) is 38.8. The molecule has 0 radical (unpaired) electrons. The number of benzene rings is 2. The molecule has 4 N–H and O–H groups in total. The van der Waals surface area contributed by atoms with Gasteiger partial charge in [-0.05, 0) is 87.1 Å². The van der Waals surface area contributed by atoms with E-state index >= 15 is 4.39 Å². The third kappa shape index (κ3) is 6.47. The lowest BCUT2D eigenvalue weighted by atomic mass is 9.72. The Morgan fingerprint density at radius 2 is 1.42 bits per heavy atom. The zero-order valence-electron chi connectivity index (χ0n) is 31.1. The number of phenolic OH excluding ortho intramolecular Hbond substituents is 2. The van der Waals surface area contributed by atoms with E-state index < -0.39 is 11.9 Å². The summed E-state index contributed by atoms with van der Waals surface area (Å²) < 4.78 is 31.0. The summed E-state index contributed by atoms with van der Waals surface area (Å²) in [5, 5.41) is 52.9. The second-order valence-corrected chi connectivity index (χ2v) is 15.8. The molecule has 0 amide bonds. The van der Waals surface area contributed by atoms with E-state index in [1.165, 1.54) is 31.2 Å². The highest BCUT2D eigenvalue weighted by molar-refractivity contribution is 5.75. The summed E-state index contributed by atoms with van der Waals surface area (Å²) >= 11 is 0. The Morgan fingerprint density at radius 3 is 2.02 bits per heavy atom. The number of anilines is 2. The summed E-state index contributed by atoms with van der Waals surface area (Å²) in [6.07, 6.45) is 9.89. The van der Waals surface area contributed by atoms with Gasteiger partial charge in [-0.2, -0.15) is 13.9 Å². The fourth-order valence-corrected chi connectivity index (χ4v) is 8.87. The maximum Gasteiger partial charge on any atom is 0.245 e. The van der Waals surface area contributed by atoms with Crippen LogP contribution in [0.25, 0.3) is 44.8 Å². The van der Waals surface area contributed by atoms with Crippen LogP contribution in [0.3, 0.4) is 0 Å². The Bertz CT molecular complexity index is 2420. The van der Waals surface area contributed by atoms with Crippen LogP contribution in [0.4, 0.5) is 20.7 Å². The third-order valence-electron chi connectivity index (χ3n) is 12.2. The maximum atomic E-state index is 15.4. The topological polar surface area (TPSA) is 186 Å². The molecule has 0 aliphatic carbocycles. The van der Waals surface area contributed by atoms with Crippen molar-refractivity contribution in [1.82, 2.24) is 60.6 Å². The molecule has 10 rings (SSSR count). The van der Waals surface area contributed by atoms with Gasteiger partial charge in [0.05, 0.1) is 29.7 Å². The Hall–Kier alpha value is -6.14. The van der Waals surface area contributed by atoms with Gasteiger partial charge in [-0.25, -0.2) is 9.97 Å². The second kappa shape index (κ2) is 13.8. The van der Waals surface area contributed by atoms with Crippen LogP contribution in [0, 0.1) is 23.2 Å². The van der Waals surface area contributed by atoms with Gasteiger partial charge in [0.15, 0.2) is 0 Å². The van der Waals surface area contributed by atoms with E-state index in [2.05, 4.69) is 72.7 Å². The number of halogens is 2. The fourth-order valence-electron chi connectivity index (χ4n) is 8.87. The molecule has 2 aromatic carbocycles. The highest BCUT2D eigenvalue weighted by Gasteiger charge is 2.45. The van der Waals surface area contributed by atoms with Crippen LogP contribution in [0.1, 0.15) is 31.8 Å². The molecule has 8 heterocycles. The van der Waals surface area contributed by atoms with Crippen molar-refractivity contribution in [2.45, 2.75) is 37.9 Å². The molecule has 16 nitrogen and oxygen atoms in total. The van der Waals surface area contributed by atoms with E-state index in [-0.39, 0.29) is 40.8 Å². The number of nitrogens with zero attached hydrogens (tertiary/aromatic N) is 12. The van der Waals surface area contributed by atoms with Crippen LogP contribution in [0.5, 0.6) is 11.5 Å². The minimum atomic E-state index is -0.628. The number of phenols is 2. The van der Waals surface area contributed by atoms with Crippen LogP contribution in [0.2, 0.25) is 0 Å². The molecular weight excluding hydrogens is 735 g/mol. The first-order valence-corrected chi connectivity index (χ1v) is 19.1. The van der Waals surface area contributed by atoms with Crippen molar-refractivity contribution in [1.29, 1.82) is 0 Å². The van der Waals surface area contributed by atoms with Gasteiger partial charge >= 0.3 is 0 Å². The summed E-state index contributed by atoms with van der Waals surface area (Å²) in [6, 6.07) is 9.93. The van der Waals surface area contributed by atoms with Gasteiger partial charge in [-0.1, -0.05) is 12.1 Å². The highest BCUT2D eigenvalue weighted by atomic mass is 19.1. The normalized spacial score (nSPS) is 21.8. The lowest BCUT2D eigenvalue weighted by Gasteiger charge is -2.53. The van der Waals surface area contributed by atoms with Crippen molar-refractivity contribution in [2.75, 3.05) is 56.1 Å². The van der Waals surface area contributed by atoms with Crippen molar-refractivity contribution in [2.24, 2.45) is 11.3 Å². The van der Waals surface area contributed by atoms with E-state index in [4.69, 9.17) is 0 Å². The number of rotatable bonds is 7. The minimum Gasteiger partial charge on any atom is -0.507 e. The van der Waals surface area contributed by atoms with Gasteiger partial charge in [0.25, 0.3) is 0 Å². The van der Waals surface area contributed by atoms with Crippen LogP contribution in [0.15, 0.2) is 61.2 Å². The van der Waals surface area contributed by atoms with E-state index in [0.29, 0.717) is 70.5 Å². The number of nitrogens with one attached hydrogen (secondary N) is 2. The van der Waals surface area contributed by atoms with Gasteiger partial charge < -0.3 is 24.9 Å². The molecule has 18 heteroatoms. The first kappa shape index (κ1) is 35.3. The van der Waals surface area contributed by atoms with E-state index in [9.17, 15) is 14.6 Å². The Balaban J connectivity index is 0.773. The quantitative estimate of drug-likeness (QED) is 0.180. The molecule has 3 unspecified atom stereocenters. The molecule has 3 atom stereocenters. The minimum absolute atomic E-state index is 0.0515. The number of hydrogen-bond donors (Lipinski definition) is 4. The van der Waals surface area contributed by atoms with Crippen molar-refractivity contribution < 1.29 is 19.0 Å². The van der Waals surface area contributed by atoms with Crippen molar-refractivity contribution >= 4 is 11.9 Å². The number of aromatic amines is 1. The lowest BCUT2D eigenvalue weighted by molar-refractivity contribution is 0.0893. The molecule has 0 saturated carbocycles. The summed E-state index contributed by atoms with van der Waals surface area (Å²) in [5.41, 5.74) is 3.55. The number of hydrogen-bond acceptors (Lipinski definition) is 14. The smallest absolute Gasteiger partial charge is 0.245 e. The first-order chi connectivity index (χ1) is 27.7. The van der Waals surface area contributed by atoms with Crippen LogP contribution >= 0.6 is 0 Å². The van der Waals surface area contributed by atoms with Crippen molar-refractivity contribution in [3.8, 4) is 56.3 Å². The van der Waals surface area contributed by atoms with Crippen molar-refractivity contribution in [3.63, 3.8) is 0 Å². The SMILES string of the molecule is CN1CCC2(CC1)CN(c1ncc(-c3ccc(-c4cn(C5CC6CN(c7ncc(-c8ccc(-c9cn[nH]c9F)cc8O)nn7)CCC6N5)nc4F)cc3O)nn1)C2. The molecule has 4 aromatic heterocycles. The Labute approximate surface area is 325 Å². The Kier molecular flexibility index (Phi) is 8.55. The Morgan fingerprint density at radius 1 is 0.772 bits per heavy atom. The monoisotopic (exact) mass is 774 g/mol. The number of likely N-dealkylation sites (tertiary alicyclic amines) is 1. The summed E-state index contributed by atoms with van der Waals surface area (Å²) in [5.74, 6) is -0.0511. The third-order valence-corrected chi connectivity index (χ3v) is 12.2. The number of fused-ring (bicyclic) bond motifs is 1.